The smallest absolute Gasteiger partial charge is 0.238 e. The Bertz CT molecular complexity index is 567. The zero-order valence-electron chi connectivity index (χ0n) is 12.4. The molecule has 1 amide bonds. The molecule has 3 aliphatic rings. The fourth-order valence-corrected chi connectivity index (χ4v) is 8.30. The van der Waals surface area contributed by atoms with Crippen LogP contribution in [0.4, 0.5) is 0 Å². The molecule has 3 fully saturated rings. The zero-order valence-corrected chi connectivity index (χ0v) is 13.2. The standard InChI is InChI=1S/C14H23NO3S/c1-9-6-13(5)7-11-14(9,12(13,3)4)8-19(17,18)15(11)10(2)16/h9,11H,6-8H2,1-5H3/t9-,11?,13-,14+/m0/s1. The molecule has 1 saturated heterocycles. The summed E-state index contributed by atoms with van der Waals surface area (Å²) in [5.41, 5.74) is -0.158. The normalized spacial score (nSPS) is 49.4. The Hall–Kier alpha value is -0.580. The van der Waals surface area contributed by atoms with Crippen LogP contribution in [0.1, 0.15) is 47.5 Å². The summed E-state index contributed by atoms with van der Waals surface area (Å²) in [5.74, 6) is 0.181. The highest BCUT2D eigenvalue weighted by molar-refractivity contribution is 7.90. The minimum atomic E-state index is -3.44. The van der Waals surface area contributed by atoms with Gasteiger partial charge in [-0.3, -0.25) is 4.79 Å². The molecule has 4 atom stereocenters. The molecule has 3 rings (SSSR count). The van der Waals surface area contributed by atoms with Gasteiger partial charge >= 0.3 is 0 Å². The largest absolute Gasteiger partial charge is 0.274 e. The number of hydrogen-bond acceptors (Lipinski definition) is 3. The van der Waals surface area contributed by atoms with Gasteiger partial charge in [0.05, 0.1) is 11.8 Å². The minimum Gasteiger partial charge on any atom is -0.274 e. The third kappa shape index (κ3) is 1.17. The summed E-state index contributed by atoms with van der Waals surface area (Å²) >= 11 is 0. The van der Waals surface area contributed by atoms with Gasteiger partial charge in [-0.25, -0.2) is 12.7 Å². The van der Waals surface area contributed by atoms with Crippen LogP contribution in [-0.2, 0) is 14.8 Å². The van der Waals surface area contributed by atoms with Crippen molar-refractivity contribution in [2.45, 2.75) is 53.5 Å². The number of fused-ring (bicyclic) bond motifs is 1. The van der Waals surface area contributed by atoms with Gasteiger partial charge in [-0.15, -0.1) is 0 Å². The van der Waals surface area contributed by atoms with Crippen molar-refractivity contribution < 1.29 is 13.2 Å². The molecule has 2 saturated carbocycles. The summed E-state index contributed by atoms with van der Waals surface area (Å²) in [7, 11) is -3.44. The van der Waals surface area contributed by atoms with Crippen LogP contribution in [-0.4, -0.2) is 30.4 Å². The van der Waals surface area contributed by atoms with Crippen molar-refractivity contribution in [3.8, 4) is 0 Å². The van der Waals surface area contributed by atoms with Crippen LogP contribution in [0, 0.1) is 22.2 Å². The second kappa shape index (κ2) is 3.18. The monoisotopic (exact) mass is 285 g/mol. The predicted molar refractivity (Wildman–Crippen MR) is 72.8 cm³/mol. The van der Waals surface area contributed by atoms with Crippen LogP contribution >= 0.6 is 0 Å². The Morgan fingerprint density at radius 3 is 2.26 bits per heavy atom. The van der Waals surface area contributed by atoms with E-state index in [1.54, 1.807) is 0 Å². The van der Waals surface area contributed by atoms with E-state index in [-0.39, 0.29) is 33.9 Å². The Labute approximate surface area is 115 Å². The van der Waals surface area contributed by atoms with Gasteiger partial charge in [0, 0.05) is 12.3 Å². The van der Waals surface area contributed by atoms with E-state index >= 15 is 0 Å². The SMILES string of the molecule is CC(=O)N1C2C[C@]3(C)C[C@H](C)[C@@]2(CS1(=O)=O)C3(C)C. The van der Waals surface area contributed by atoms with Gasteiger partial charge in [0.15, 0.2) is 0 Å². The van der Waals surface area contributed by atoms with Crippen molar-refractivity contribution in [1.29, 1.82) is 0 Å². The molecule has 4 nitrogen and oxygen atoms in total. The van der Waals surface area contributed by atoms with Crippen molar-refractivity contribution in [3.63, 3.8) is 0 Å². The second-order valence-electron chi connectivity index (χ2n) is 7.62. The molecule has 0 aromatic carbocycles. The summed E-state index contributed by atoms with van der Waals surface area (Å²) in [6.07, 6.45) is 1.89. The first kappa shape index (κ1) is 13.4. The van der Waals surface area contributed by atoms with E-state index in [1.807, 2.05) is 0 Å². The zero-order chi connectivity index (χ0) is 14.4. The number of sulfonamides is 1. The van der Waals surface area contributed by atoms with Gasteiger partial charge in [0.1, 0.15) is 0 Å². The van der Waals surface area contributed by atoms with Crippen LogP contribution in [0.2, 0.25) is 0 Å². The van der Waals surface area contributed by atoms with E-state index in [9.17, 15) is 13.2 Å². The van der Waals surface area contributed by atoms with Crippen molar-refractivity contribution in [2.75, 3.05) is 5.75 Å². The molecule has 0 aromatic rings. The summed E-state index contributed by atoms with van der Waals surface area (Å²) in [4.78, 5) is 11.8. The Morgan fingerprint density at radius 2 is 1.79 bits per heavy atom. The molecular weight excluding hydrogens is 262 g/mol. The number of rotatable bonds is 0. The first-order valence-corrected chi connectivity index (χ1v) is 8.63. The van der Waals surface area contributed by atoms with Gasteiger partial charge in [-0.2, -0.15) is 0 Å². The maximum atomic E-state index is 12.4. The highest BCUT2D eigenvalue weighted by atomic mass is 32.2. The first-order chi connectivity index (χ1) is 8.50. The molecule has 1 spiro atoms. The molecule has 1 aliphatic heterocycles. The van der Waals surface area contributed by atoms with E-state index in [1.165, 1.54) is 11.2 Å². The minimum absolute atomic E-state index is 0.0403. The average molecular weight is 285 g/mol. The van der Waals surface area contributed by atoms with Crippen LogP contribution in [0.3, 0.4) is 0 Å². The fourth-order valence-electron chi connectivity index (χ4n) is 5.67. The summed E-state index contributed by atoms with van der Waals surface area (Å²) < 4.78 is 26.1. The maximum absolute atomic E-state index is 12.4. The lowest BCUT2D eigenvalue weighted by Crippen LogP contribution is -2.46. The highest BCUT2D eigenvalue weighted by Gasteiger charge is 2.78. The lowest BCUT2D eigenvalue weighted by Gasteiger charge is -2.41. The van der Waals surface area contributed by atoms with Crippen LogP contribution in [0.25, 0.3) is 0 Å². The van der Waals surface area contributed by atoms with Crippen molar-refractivity contribution in [3.05, 3.63) is 0 Å². The van der Waals surface area contributed by atoms with Crippen molar-refractivity contribution in [1.82, 2.24) is 4.31 Å². The maximum Gasteiger partial charge on any atom is 0.238 e. The predicted octanol–water partition coefficient (Wildman–Crippen LogP) is 2.01. The molecule has 2 aliphatic carbocycles. The molecule has 1 heterocycles. The number of carbonyl (C=O) groups excluding carboxylic acids is 1. The first-order valence-electron chi connectivity index (χ1n) is 7.02. The molecule has 2 bridgehead atoms. The van der Waals surface area contributed by atoms with Crippen LogP contribution < -0.4 is 0 Å². The number of nitrogens with zero attached hydrogens (tertiary/aromatic N) is 1. The molecular formula is C14H23NO3S. The van der Waals surface area contributed by atoms with Crippen molar-refractivity contribution >= 4 is 15.9 Å². The molecule has 1 unspecified atom stereocenters. The lowest BCUT2D eigenvalue weighted by atomic mass is 9.63. The summed E-state index contributed by atoms with van der Waals surface area (Å²) in [6.45, 7) is 10.2. The molecule has 0 N–H and O–H groups in total. The number of carbonyl (C=O) groups is 1. The van der Waals surface area contributed by atoms with Gasteiger partial charge in [0.25, 0.3) is 0 Å². The number of amides is 1. The lowest BCUT2D eigenvalue weighted by molar-refractivity contribution is -0.127. The highest BCUT2D eigenvalue weighted by Crippen LogP contribution is 2.77. The molecule has 0 radical (unpaired) electrons. The fraction of sp³-hybridized carbons (Fsp3) is 0.929. The Balaban J connectivity index is 2.23. The van der Waals surface area contributed by atoms with E-state index in [0.29, 0.717) is 5.92 Å². The molecule has 19 heavy (non-hydrogen) atoms. The van der Waals surface area contributed by atoms with Crippen molar-refractivity contribution in [2.24, 2.45) is 22.2 Å². The van der Waals surface area contributed by atoms with E-state index in [0.717, 1.165) is 12.8 Å². The summed E-state index contributed by atoms with van der Waals surface area (Å²) in [6, 6.07) is -0.126. The van der Waals surface area contributed by atoms with Gasteiger partial charge in [-0.1, -0.05) is 27.7 Å². The van der Waals surface area contributed by atoms with Gasteiger partial charge < -0.3 is 0 Å². The quantitative estimate of drug-likeness (QED) is 0.684. The van der Waals surface area contributed by atoms with Crippen LogP contribution in [0.5, 0.6) is 0 Å². The van der Waals surface area contributed by atoms with E-state index in [4.69, 9.17) is 0 Å². The molecule has 5 heteroatoms. The van der Waals surface area contributed by atoms with Gasteiger partial charge in [0.2, 0.25) is 15.9 Å². The van der Waals surface area contributed by atoms with Gasteiger partial charge in [-0.05, 0) is 29.6 Å². The molecule has 108 valence electrons. The Kier molecular flexibility index (Phi) is 2.24. The second-order valence-corrected chi connectivity index (χ2v) is 9.47. The third-order valence-corrected chi connectivity index (χ3v) is 8.81. The third-order valence-electron chi connectivity index (χ3n) is 6.86. The molecule has 0 aromatic heterocycles. The number of hydrogen-bond donors (Lipinski definition) is 0. The van der Waals surface area contributed by atoms with E-state index < -0.39 is 10.0 Å². The Morgan fingerprint density at radius 1 is 1.21 bits per heavy atom. The van der Waals surface area contributed by atoms with Crippen LogP contribution in [0.15, 0.2) is 0 Å². The average Bonchev–Trinajstić information content (AvgIpc) is 2.58. The summed E-state index contributed by atoms with van der Waals surface area (Å²) in [5, 5.41) is 0. The topological polar surface area (TPSA) is 54.5 Å². The van der Waals surface area contributed by atoms with E-state index in [2.05, 4.69) is 27.7 Å².